The van der Waals surface area contributed by atoms with E-state index in [1.165, 1.54) is 6.33 Å². The van der Waals surface area contributed by atoms with Gasteiger partial charge in [-0.05, 0) is 6.92 Å². The number of aryl methyl sites for hydroxylation is 1. The SMILES string of the molecule is Cc1[nH]n(-c2nc(NCCS(=O)(=O)O)nc(NCCS(=O)(=O)O)n2)c(=O)c1N=Nc1ncns1. The first kappa shape index (κ1) is 25.2. The lowest BCUT2D eigenvalue weighted by Crippen LogP contribution is -2.22. The maximum Gasteiger partial charge on any atom is 0.301 e. The van der Waals surface area contributed by atoms with Crippen molar-refractivity contribution in [2.45, 2.75) is 6.92 Å². The molecule has 0 radical (unpaired) electrons. The fourth-order valence-corrected chi connectivity index (χ4v) is 3.39. The summed E-state index contributed by atoms with van der Waals surface area (Å²) < 4.78 is 66.2. The van der Waals surface area contributed by atoms with Crippen LogP contribution in [0.4, 0.5) is 22.7 Å². The molecule has 0 bridgehead atoms. The van der Waals surface area contributed by atoms with Crippen molar-refractivity contribution >= 4 is 54.5 Å². The van der Waals surface area contributed by atoms with Gasteiger partial charge in [-0.3, -0.25) is 19.0 Å². The number of hydrogen-bond donors (Lipinski definition) is 5. The molecule has 0 aliphatic heterocycles. The molecule has 0 aliphatic carbocycles. The summed E-state index contributed by atoms with van der Waals surface area (Å²) in [5, 5.41) is 15.7. The van der Waals surface area contributed by atoms with Crippen LogP contribution in [-0.2, 0) is 20.2 Å². The van der Waals surface area contributed by atoms with Crippen LogP contribution < -0.4 is 16.2 Å². The highest BCUT2D eigenvalue weighted by atomic mass is 32.2. The minimum Gasteiger partial charge on any atom is -0.353 e. The molecule has 0 amide bonds. The van der Waals surface area contributed by atoms with E-state index in [-0.39, 0.29) is 41.8 Å². The van der Waals surface area contributed by atoms with Gasteiger partial charge in [-0.25, -0.2) is 4.98 Å². The summed E-state index contributed by atoms with van der Waals surface area (Å²) in [6.45, 7) is 0.976. The lowest BCUT2D eigenvalue weighted by atomic mass is 10.4. The zero-order valence-corrected chi connectivity index (χ0v) is 19.6. The molecule has 0 saturated heterocycles. The number of H-pyrrole nitrogens is 1. The molecule has 0 atom stereocenters. The van der Waals surface area contributed by atoms with Crippen LogP contribution in [0.15, 0.2) is 21.4 Å². The normalized spacial score (nSPS) is 12.3. The molecule has 3 heterocycles. The van der Waals surface area contributed by atoms with E-state index in [2.05, 4.69) is 50.3 Å². The summed E-state index contributed by atoms with van der Waals surface area (Å²) in [6.07, 6.45) is 1.28. The van der Waals surface area contributed by atoms with Gasteiger partial charge in [-0.2, -0.15) is 40.8 Å². The summed E-state index contributed by atoms with van der Waals surface area (Å²) in [4.78, 5) is 28.7. The second kappa shape index (κ2) is 10.3. The average Bonchev–Trinajstić information content (AvgIpc) is 3.32. The van der Waals surface area contributed by atoms with E-state index in [0.29, 0.717) is 5.69 Å². The van der Waals surface area contributed by atoms with Crippen molar-refractivity contribution in [3.8, 4) is 5.95 Å². The molecule has 34 heavy (non-hydrogen) atoms. The summed E-state index contributed by atoms with van der Waals surface area (Å²) in [7, 11) is -8.54. The molecule has 18 nitrogen and oxygen atoms in total. The molecule has 0 saturated carbocycles. The molecule has 3 aromatic rings. The fraction of sp³-hybridized carbons (Fsp3) is 0.385. The van der Waals surface area contributed by atoms with Gasteiger partial charge in [0.15, 0.2) is 5.69 Å². The average molecular weight is 536 g/mol. The number of azo groups is 1. The van der Waals surface area contributed by atoms with Crippen LogP contribution in [0.5, 0.6) is 0 Å². The van der Waals surface area contributed by atoms with Crippen LogP contribution in [0, 0.1) is 6.92 Å². The van der Waals surface area contributed by atoms with E-state index >= 15 is 0 Å². The largest absolute Gasteiger partial charge is 0.353 e. The topological polar surface area (TPSA) is 260 Å². The first-order valence-electron chi connectivity index (χ1n) is 9.06. The minimum atomic E-state index is -4.27. The minimum absolute atomic E-state index is 0.0719. The maximum absolute atomic E-state index is 12.8. The number of aromatic nitrogens is 7. The van der Waals surface area contributed by atoms with Gasteiger partial charge >= 0.3 is 5.56 Å². The number of aromatic amines is 1. The van der Waals surface area contributed by atoms with Crippen LogP contribution in [-0.4, -0.2) is 84.6 Å². The van der Waals surface area contributed by atoms with Crippen LogP contribution in [0.1, 0.15) is 5.69 Å². The molecular formula is C13H17N11O7S3. The quantitative estimate of drug-likeness (QED) is 0.153. The van der Waals surface area contributed by atoms with Crippen molar-refractivity contribution in [2.24, 2.45) is 10.2 Å². The predicted molar refractivity (Wildman–Crippen MR) is 118 cm³/mol. The predicted octanol–water partition coefficient (Wildman–Crippen LogP) is -0.475. The molecule has 3 aromatic heterocycles. The van der Waals surface area contributed by atoms with Gasteiger partial charge in [0.2, 0.25) is 17.0 Å². The highest BCUT2D eigenvalue weighted by Gasteiger charge is 2.17. The van der Waals surface area contributed by atoms with Gasteiger partial charge in [0, 0.05) is 24.6 Å². The van der Waals surface area contributed by atoms with Crippen molar-refractivity contribution in [1.82, 2.24) is 34.1 Å². The fourth-order valence-electron chi connectivity index (χ4n) is 2.31. The molecule has 0 spiro atoms. The van der Waals surface area contributed by atoms with Crippen LogP contribution in [0.2, 0.25) is 0 Å². The smallest absolute Gasteiger partial charge is 0.301 e. The number of nitrogens with zero attached hydrogens (tertiary/aromatic N) is 8. The molecule has 21 heteroatoms. The second-order valence-corrected chi connectivity index (χ2v) is 10.3. The third-order valence-electron chi connectivity index (χ3n) is 3.74. The monoisotopic (exact) mass is 535 g/mol. The second-order valence-electron chi connectivity index (χ2n) is 6.36. The Balaban J connectivity index is 1.93. The van der Waals surface area contributed by atoms with Gasteiger partial charge < -0.3 is 10.6 Å². The molecular weight excluding hydrogens is 518 g/mol. The number of anilines is 2. The third-order valence-corrected chi connectivity index (χ3v) is 5.73. The summed E-state index contributed by atoms with van der Waals surface area (Å²) >= 11 is 0.968. The van der Waals surface area contributed by atoms with Crippen molar-refractivity contribution in [2.75, 3.05) is 35.2 Å². The Bertz CT molecular complexity index is 1390. The number of nitrogens with one attached hydrogen (secondary N) is 3. The molecule has 0 unspecified atom stereocenters. The molecule has 184 valence electrons. The highest BCUT2D eigenvalue weighted by Crippen LogP contribution is 2.19. The molecule has 5 N–H and O–H groups in total. The van der Waals surface area contributed by atoms with Gasteiger partial charge in [-0.1, -0.05) is 0 Å². The van der Waals surface area contributed by atoms with Gasteiger partial charge in [-0.15, -0.1) is 10.2 Å². The van der Waals surface area contributed by atoms with Crippen molar-refractivity contribution < 1.29 is 25.9 Å². The van der Waals surface area contributed by atoms with Crippen molar-refractivity contribution in [3.05, 3.63) is 22.4 Å². The molecule has 0 aliphatic rings. The Morgan fingerprint density at radius 3 is 2.12 bits per heavy atom. The Morgan fingerprint density at radius 2 is 1.62 bits per heavy atom. The van der Waals surface area contributed by atoms with Crippen molar-refractivity contribution in [3.63, 3.8) is 0 Å². The van der Waals surface area contributed by atoms with Gasteiger partial charge in [0.05, 0.1) is 17.2 Å². The van der Waals surface area contributed by atoms with E-state index in [1.807, 2.05) is 0 Å². The van der Waals surface area contributed by atoms with Gasteiger partial charge in [0.25, 0.3) is 26.2 Å². The number of rotatable bonds is 11. The van der Waals surface area contributed by atoms with Gasteiger partial charge in [0.1, 0.15) is 6.33 Å². The van der Waals surface area contributed by atoms with Crippen LogP contribution in [0.3, 0.4) is 0 Å². The standard InChI is InChI=1S/C13H17N11O7S3/c1-7-8(21-22-13-16-6-17-32-13)9(25)24(23-7)12-19-10(14-2-4-33(26,27)28)18-11(20-12)15-3-5-34(29,30)31/h6,23H,2-5H2,1H3,(H,26,27,28)(H,29,30,31)(H2,14,15,18,19,20). The first-order valence-corrected chi connectivity index (χ1v) is 13.0. The maximum atomic E-state index is 12.8. The summed E-state index contributed by atoms with van der Waals surface area (Å²) in [5.41, 5.74) is -0.456. The first-order chi connectivity index (χ1) is 15.9. The lowest BCUT2D eigenvalue weighted by Gasteiger charge is -2.09. The van der Waals surface area contributed by atoms with Crippen molar-refractivity contribution in [1.29, 1.82) is 0 Å². The summed E-state index contributed by atoms with van der Waals surface area (Å²) in [6, 6.07) is 0. The van der Waals surface area contributed by atoms with E-state index in [4.69, 9.17) is 9.11 Å². The van der Waals surface area contributed by atoms with Crippen LogP contribution in [0.25, 0.3) is 5.95 Å². The zero-order valence-electron chi connectivity index (χ0n) is 17.1. The highest BCUT2D eigenvalue weighted by molar-refractivity contribution is 7.86. The van der Waals surface area contributed by atoms with E-state index in [1.54, 1.807) is 6.92 Å². The molecule has 3 rings (SSSR count). The molecule has 0 aromatic carbocycles. The van der Waals surface area contributed by atoms with E-state index in [9.17, 15) is 21.6 Å². The lowest BCUT2D eigenvalue weighted by molar-refractivity contribution is 0.481. The molecule has 0 fully saturated rings. The third kappa shape index (κ3) is 7.31. The Hall–Kier alpha value is -3.40. The Morgan fingerprint density at radius 1 is 1.03 bits per heavy atom. The Kier molecular flexibility index (Phi) is 7.61. The number of hydrogen-bond acceptors (Lipinski definition) is 15. The van der Waals surface area contributed by atoms with E-state index < -0.39 is 37.3 Å². The van der Waals surface area contributed by atoms with E-state index in [0.717, 1.165) is 16.2 Å². The Labute approximate surface area is 195 Å². The van der Waals surface area contributed by atoms with Crippen LogP contribution >= 0.6 is 11.5 Å². The zero-order chi connectivity index (χ0) is 24.9. The summed E-state index contributed by atoms with van der Waals surface area (Å²) in [5.74, 6) is -1.96.